The Labute approximate surface area is 140 Å². The number of hydrogen-bond donors (Lipinski definition) is 3. The van der Waals surface area contributed by atoms with E-state index in [4.69, 9.17) is 5.11 Å². The number of carboxylic acids is 1. The quantitative estimate of drug-likeness (QED) is 0.614. The summed E-state index contributed by atoms with van der Waals surface area (Å²) < 4.78 is 64.5. The molecule has 0 heterocycles. The molecule has 136 valence electrons. The van der Waals surface area contributed by atoms with E-state index in [0.717, 1.165) is 18.4 Å². The van der Waals surface area contributed by atoms with Crippen LogP contribution in [0.5, 0.6) is 0 Å². The Bertz CT molecular complexity index is 821. The molecule has 1 rings (SSSR count). The zero-order chi connectivity index (χ0) is 18.7. The van der Waals surface area contributed by atoms with E-state index in [0.29, 0.717) is 6.07 Å². The number of halogens is 1. The number of rotatable bonds is 8. The maximum absolute atomic E-state index is 14.0. The summed E-state index contributed by atoms with van der Waals surface area (Å²) in [7, 11) is -8.07. The van der Waals surface area contributed by atoms with Crippen molar-refractivity contribution in [2.75, 3.05) is 11.0 Å². The average molecular weight is 382 g/mol. The van der Waals surface area contributed by atoms with Gasteiger partial charge in [0.2, 0.25) is 20.0 Å². The number of anilines is 1. The molecule has 8 nitrogen and oxygen atoms in total. The smallest absolute Gasteiger partial charge is 0.321 e. The summed E-state index contributed by atoms with van der Waals surface area (Å²) in [5.74, 6) is -2.67. The molecule has 1 atom stereocenters. The molecule has 0 radical (unpaired) electrons. The normalized spacial score (nSPS) is 13.7. The van der Waals surface area contributed by atoms with Gasteiger partial charge in [0.1, 0.15) is 16.8 Å². The molecule has 1 aromatic carbocycles. The van der Waals surface area contributed by atoms with Gasteiger partial charge in [-0.3, -0.25) is 9.52 Å². The molecule has 0 spiro atoms. The van der Waals surface area contributed by atoms with Crippen LogP contribution in [0.25, 0.3) is 0 Å². The van der Waals surface area contributed by atoms with Crippen molar-refractivity contribution < 1.29 is 31.1 Å². The second-order valence-corrected chi connectivity index (χ2v) is 9.09. The van der Waals surface area contributed by atoms with Crippen molar-refractivity contribution >= 4 is 31.7 Å². The minimum atomic E-state index is -4.42. The maximum atomic E-state index is 14.0. The summed E-state index contributed by atoms with van der Waals surface area (Å²) in [5, 5.41) is 9.08. The van der Waals surface area contributed by atoms with E-state index in [1.54, 1.807) is 13.8 Å². The lowest BCUT2D eigenvalue weighted by atomic mass is 10.1. The van der Waals surface area contributed by atoms with Gasteiger partial charge in [-0.2, -0.15) is 4.72 Å². The Morgan fingerprint density at radius 3 is 2.25 bits per heavy atom. The predicted octanol–water partition coefficient (Wildman–Crippen LogP) is 0.975. The van der Waals surface area contributed by atoms with E-state index in [1.165, 1.54) is 0 Å². The average Bonchev–Trinajstić information content (AvgIpc) is 2.34. The van der Waals surface area contributed by atoms with Crippen LogP contribution in [-0.4, -0.2) is 40.2 Å². The van der Waals surface area contributed by atoms with E-state index in [-0.39, 0.29) is 18.0 Å². The minimum Gasteiger partial charge on any atom is -0.480 e. The fourth-order valence-electron chi connectivity index (χ4n) is 1.92. The van der Waals surface area contributed by atoms with Gasteiger partial charge in [-0.05, 0) is 30.5 Å². The van der Waals surface area contributed by atoms with Crippen molar-refractivity contribution in [2.24, 2.45) is 5.92 Å². The highest BCUT2D eigenvalue weighted by Crippen LogP contribution is 2.20. The summed E-state index contributed by atoms with van der Waals surface area (Å²) in [4.78, 5) is 10.4. The van der Waals surface area contributed by atoms with Gasteiger partial charge in [0.25, 0.3) is 0 Å². The van der Waals surface area contributed by atoms with Crippen LogP contribution in [0.4, 0.5) is 10.1 Å². The van der Waals surface area contributed by atoms with Crippen LogP contribution < -0.4 is 9.44 Å². The largest absolute Gasteiger partial charge is 0.480 e. The number of benzene rings is 1. The number of aliphatic carboxylic acids is 1. The third-order valence-electron chi connectivity index (χ3n) is 2.83. The lowest BCUT2D eigenvalue weighted by Gasteiger charge is -2.17. The zero-order valence-corrected chi connectivity index (χ0v) is 14.9. The van der Waals surface area contributed by atoms with Crippen molar-refractivity contribution in [3.05, 3.63) is 24.0 Å². The first-order valence-electron chi connectivity index (χ1n) is 6.84. The summed E-state index contributed by atoms with van der Waals surface area (Å²) in [5.41, 5.74) is -0.147. The van der Waals surface area contributed by atoms with Gasteiger partial charge in [0.05, 0.1) is 11.9 Å². The van der Waals surface area contributed by atoms with Crippen molar-refractivity contribution in [3.63, 3.8) is 0 Å². The third kappa shape index (κ3) is 6.06. The zero-order valence-electron chi connectivity index (χ0n) is 13.3. The molecule has 0 bridgehead atoms. The monoisotopic (exact) mass is 382 g/mol. The van der Waals surface area contributed by atoms with Gasteiger partial charge in [0, 0.05) is 0 Å². The van der Waals surface area contributed by atoms with Crippen LogP contribution >= 0.6 is 0 Å². The van der Waals surface area contributed by atoms with E-state index in [1.807, 2.05) is 9.44 Å². The molecule has 0 unspecified atom stereocenters. The molecule has 0 aliphatic carbocycles. The number of carboxylic acid groups (broad SMARTS) is 1. The summed E-state index contributed by atoms with van der Waals surface area (Å²) in [6.07, 6.45) is 0.893. The standard InChI is InChI=1S/C13H19FN2O6S2/c1-8(2)6-11(13(17)18)16-24(21,22)12-5-4-9(7-10(12)14)15-23(3,19)20/h4-5,7-8,11,15-16H,6H2,1-3H3,(H,17,18)/t11-/m0/s1. The number of sulfonamides is 2. The molecule has 0 aliphatic heterocycles. The Balaban J connectivity index is 3.12. The number of carbonyl (C=O) groups is 1. The van der Waals surface area contributed by atoms with Crippen molar-refractivity contribution in [3.8, 4) is 0 Å². The van der Waals surface area contributed by atoms with Gasteiger partial charge in [-0.15, -0.1) is 0 Å². The first-order valence-corrected chi connectivity index (χ1v) is 10.2. The Morgan fingerprint density at radius 2 is 1.83 bits per heavy atom. The van der Waals surface area contributed by atoms with Gasteiger partial charge in [-0.1, -0.05) is 13.8 Å². The first kappa shape index (κ1) is 20.3. The fourth-order valence-corrected chi connectivity index (χ4v) is 3.73. The van der Waals surface area contributed by atoms with Crippen LogP contribution in [0.15, 0.2) is 23.1 Å². The molecule has 0 saturated carbocycles. The van der Waals surface area contributed by atoms with Gasteiger partial charge in [-0.25, -0.2) is 21.2 Å². The van der Waals surface area contributed by atoms with Gasteiger partial charge < -0.3 is 5.11 Å². The minimum absolute atomic E-state index is 0.0316. The van der Waals surface area contributed by atoms with Crippen molar-refractivity contribution in [1.29, 1.82) is 0 Å². The fraction of sp³-hybridized carbons (Fsp3) is 0.462. The third-order valence-corrected chi connectivity index (χ3v) is 4.94. The highest BCUT2D eigenvalue weighted by Gasteiger charge is 2.28. The van der Waals surface area contributed by atoms with Crippen LogP contribution in [0.2, 0.25) is 0 Å². The first-order chi connectivity index (χ1) is 10.8. The van der Waals surface area contributed by atoms with Gasteiger partial charge in [0.15, 0.2) is 0 Å². The Kier molecular flexibility index (Phi) is 6.31. The SMILES string of the molecule is CC(C)C[C@H](NS(=O)(=O)c1ccc(NS(C)(=O)=O)cc1F)C(=O)O. The highest BCUT2D eigenvalue weighted by molar-refractivity contribution is 7.92. The van der Waals surface area contributed by atoms with Crippen LogP contribution in [0, 0.1) is 11.7 Å². The lowest BCUT2D eigenvalue weighted by Crippen LogP contribution is -2.41. The Hall–Kier alpha value is -1.72. The van der Waals surface area contributed by atoms with Crippen molar-refractivity contribution in [1.82, 2.24) is 4.72 Å². The second-order valence-electron chi connectivity index (χ2n) is 5.66. The molecule has 0 fully saturated rings. The maximum Gasteiger partial charge on any atom is 0.321 e. The molecule has 24 heavy (non-hydrogen) atoms. The van der Waals surface area contributed by atoms with E-state index in [9.17, 15) is 26.0 Å². The van der Waals surface area contributed by atoms with Crippen LogP contribution in [0.3, 0.4) is 0 Å². The molecular weight excluding hydrogens is 363 g/mol. The number of hydrogen-bond acceptors (Lipinski definition) is 5. The highest BCUT2D eigenvalue weighted by atomic mass is 32.2. The van der Waals surface area contributed by atoms with Crippen LogP contribution in [0.1, 0.15) is 20.3 Å². The van der Waals surface area contributed by atoms with Crippen molar-refractivity contribution in [2.45, 2.75) is 31.2 Å². The molecule has 0 aromatic heterocycles. The Morgan fingerprint density at radius 1 is 1.25 bits per heavy atom. The van der Waals surface area contributed by atoms with E-state index < -0.39 is 42.8 Å². The van der Waals surface area contributed by atoms with E-state index in [2.05, 4.69) is 0 Å². The molecule has 3 N–H and O–H groups in total. The summed E-state index contributed by atoms with van der Waals surface area (Å²) in [6.45, 7) is 3.44. The second kappa shape index (κ2) is 7.45. The topological polar surface area (TPSA) is 130 Å². The summed E-state index contributed by atoms with van der Waals surface area (Å²) >= 11 is 0. The molecule has 0 aliphatic rings. The lowest BCUT2D eigenvalue weighted by molar-refractivity contribution is -0.139. The molecule has 0 amide bonds. The molecule has 11 heteroatoms. The number of nitrogens with one attached hydrogen (secondary N) is 2. The molecular formula is C13H19FN2O6S2. The summed E-state index contributed by atoms with van der Waals surface area (Å²) in [6, 6.07) is 1.23. The predicted molar refractivity (Wildman–Crippen MR) is 86.1 cm³/mol. The van der Waals surface area contributed by atoms with E-state index >= 15 is 0 Å². The van der Waals surface area contributed by atoms with Gasteiger partial charge >= 0.3 is 5.97 Å². The molecule has 0 saturated heterocycles. The van der Waals surface area contributed by atoms with Crippen LogP contribution in [-0.2, 0) is 24.8 Å². The molecule has 1 aromatic rings.